The van der Waals surface area contributed by atoms with Crippen molar-refractivity contribution < 1.29 is 0 Å². The third-order valence-electron chi connectivity index (χ3n) is 21.1. The van der Waals surface area contributed by atoms with Crippen molar-refractivity contribution in [3.05, 3.63) is 465 Å². The van der Waals surface area contributed by atoms with Gasteiger partial charge in [0, 0.05) is 129 Å². The molecule has 0 saturated heterocycles. The Labute approximate surface area is 697 Å². The molecule has 14 aromatic carbocycles. The van der Waals surface area contributed by atoms with Crippen molar-refractivity contribution in [2.45, 2.75) is 48.5 Å². The molecule has 0 radical (unpaired) electrons. The molecule has 0 aliphatic heterocycles. The molecule has 119 heavy (non-hydrogen) atoms. The van der Waals surface area contributed by atoms with E-state index in [2.05, 4.69) is 399 Å². The van der Waals surface area contributed by atoms with Crippen molar-refractivity contribution in [2.24, 2.45) is 0 Å². The van der Waals surface area contributed by atoms with Gasteiger partial charge in [0.15, 0.2) is 0 Å². The molecule has 0 spiro atoms. The molecule has 0 atom stereocenters. The lowest BCUT2D eigenvalue weighted by atomic mass is 9.99. The van der Waals surface area contributed by atoms with E-state index in [0.717, 1.165) is 11.4 Å². The summed E-state index contributed by atoms with van der Waals surface area (Å²) in [4.78, 5) is 30.0. The third-order valence-corrected chi connectivity index (χ3v) is 21.1. The summed E-state index contributed by atoms with van der Waals surface area (Å²) in [7, 11) is 0. The number of hydrogen-bond donors (Lipinski definition) is 0. The van der Waals surface area contributed by atoms with Gasteiger partial charge in [-0.15, -0.1) is 0 Å². The van der Waals surface area contributed by atoms with Crippen LogP contribution in [0.2, 0.25) is 0 Å². The van der Waals surface area contributed by atoms with E-state index < -0.39 is 0 Å². The lowest BCUT2D eigenvalue weighted by Gasteiger charge is -2.06. The Hall–Kier alpha value is -15.1. The zero-order valence-corrected chi connectivity index (χ0v) is 68.0. The van der Waals surface area contributed by atoms with Gasteiger partial charge in [0.1, 0.15) is 0 Å². The Morgan fingerprint density at radius 3 is 1.08 bits per heavy atom. The van der Waals surface area contributed by atoms with Crippen molar-refractivity contribution >= 4 is 75.4 Å². The maximum absolute atomic E-state index is 4.51. The molecule has 0 bridgehead atoms. The summed E-state index contributed by atoms with van der Waals surface area (Å²) in [6.45, 7) is 14.7. The highest BCUT2D eigenvalue weighted by atomic mass is 14.7. The van der Waals surface area contributed by atoms with Gasteiger partial charge >= 0.3 is 0 Å². The van der Waals surface area contributed by atoms with E-state index in [-0.39, 0.29) is 0 Å². The van der Waals surface area contributed by atoms with Crippen LogP contribution in [0.1, 0.15) is 38.9 Å². The number of hydrogen-bond acceptors (Lipinski definition) is 7. The van der Waals surface area contributed by atoms with Crippen LogP contribution in [0.25, 0.3) is 154 Å². The Morgan fingerprint density at radius 1 is 0.160 bits per heavy atom. The van der Waals surface area contributed by atoms with Crippen LogP contribution in [0.15, 0.2) is 426 Å². The molecule has 7 aromatic heterocycles. The molecule has 7 heterocycles. The molecular weight excluding hydrogens is 1440 g/mol. The Bertz CT molecular complexity index is 6140. The van der Waals surface area contributed by atoms with Crippen LogP contribution in [0.3, 0.4) is 0 Å². The van der Waals surface area contributed by atoms with E-state index in [0.29, 0.717) is 0 Å². The van der Waals surface area contributed by atoms with Crippen molar-refractivity contribution in [1.82, 2.24) is 34.9 Å². The van der Waals surface area contributed by atoms with Crippen LogP contribution in [-0.4, -0.2) is 34.9 Å². The van der Waals surface area contributed by atoms with Crippen LogP contribution in [0.5, 0.6) is 0 Å². The normalized spacial score (nSPS) is 10.6. The monoisotopic (exact) mass is 1530 g/mol. The number of rotatable bonds is 7. The Balaban J connectivity index is 0.000000108. The van der Waals surface area contributed by atoms with E-state index in [1.54, 1.807) is 0 Å². The van der Waals surface area contributed by atoms with E-state index >= 15 is 0 Å². The number of pyridine rings is 7. The largest absolute Gasteiger partial charge is 0.264 e. The van der Waals surface area contributed by atoms with E-state index in [4.69, 9.17) is 0 Å². The van der Waals surface area contributed by atoms with Crippen LogP contribution < -0.4 is 0 Å². The predicted octanol–water partition coefficient (Wildman–Crippen LogP) is 29.5. The maximum atomic E-state index is 4.51. The standard InChI is InChI=1S/7C16H13N/c1-12-2-4-13(5-3-12)14-6-7-16-11-17-9-8-15(16)10-14;1-12-2-4-13(5-3-12)15-7-6-14-8-9-17-11-16(14)10-15;1-12-5-7-13(8-6-12)15-4-2-3-14-11-17-10-9-16(14)15;1-12-5-7-14(8-6-12)15-4-2-3-13-9-10-17-11-16(13)15;1-12-6-8-13(9-7-12)16-11-17-10-14-4-2-3-5-15(14)16;1-12-6-8-13(9-7-12)16-10-14-4-2-3-5-15(14)11-17-16;1-12-6-8-14(9-7-12)16-15-5-3-2-4-13(15)10-11-17-16/h7*2-11H,1H3. The van der Waals surface area contributed by atoms with Gasteiger partial charge in [-0.3, -0.25) is 34.9 Å². The molecule has 7 nitrogen and oxygen atoms in total. The minimum Gasteiger partial charge on any atom is -0.264 e. The average Bonchev–Trinajstić information content (AvgIpc) is 0.883. The summed E-state index contributed by atoms with van der Waals surface area (Å²) >= 11 is 0. The van der Waals surface area contributed by atoms with Crippen LogP contribution in [0, 0.1) is 48.5 Å². The number of nitrogens with zero attached hydrogens (tertiary/aromatic N) is 7. The fourth-order valence-electron chi connectivity index (χ4n) is 14.3. The molecule has 21 rings (SSSR count). The van der Waals surface area contributed by atoms with Crippen molar-refractivity contribution in [3.63, 3.8) is 0 Å². The smallest absolute Gasteiger partial charge is 0.0780 e. The molecule has 574 valence electrons. The van der Waals surface area contributed by atoms with Gasteiger partial charge in [-0.25, -0.2) is 0 Å². The summed E-state index contributed by atoms with van der Waals surface area (Å²) in [6, 6.07) is 123. The van der Waals surface area contributed by atoms with Gasteiger partial charge in [0.05, 0.1) is 11.4 Å². The highest BCUT2D eigenvalue weighted by molar-refractivity contribution is 5.99. The number of aryl methyl sites for hydroxylation is 7. The first-order valence-electron chi connectivity index (χ1n) is 40.2. The van der Waals surface area contributed by atoms with Crippen LogP contribution >= 0.6 is 0 Å². The second kappa shape index (κ2) is 38.4. The summed E-state index contributed by atoms with van der Waals surface area (Å²) in [5.41, 5.74) is 25.8. The van der Waals surface area contributed by atoms with Gasteiger partial charge in [-0.1, -0.05) is 342 Å². The summed E-state index contributed by atoms with van der Waals surface area (Å²) in [5.74, 6) is 0. The first kappa shape index (κ1) is 79.2. The number of fused-ring (bicyclic) bond motifs is 7. The van der Waals surface area contributed by atoms with Crippen LogP contribution in [-0.2, 0) is 0 Å². The number of aromatic nitrogens is 7. The molecule has 0 aliphatic rings. The lowest BCUT2D eigenvalue weighted by Crippen LogP contribution is -1.85. The molecule has 0 N–H and O–H groups in total. The molecule has 0 amide bonds. The second-order valence-electron chi connectivity index (χ2n) is 29.9. The minimum atomic E-state index is 1.03. The van der Waals surface area contributed by atoms with E-state index in [9.17, 15) is 0 Å². The van der Waals surface area contributed by atoms with E-state index in [1.807, 2.05) is 111 Å². The van der Waals surface area contributed by atoms with Crippen molar-refractivity contribution in [1.29, 1.82) is 0 Å². The Kier molecular flexibility index (Phi) is 25.5. The van der Waals surface area contributed by atoms with Gasteiger partial charge in [0.25, 0.3) is 0 Å². The third kappa shape index (κ3) is 20.4. The lowest BCUT2D eigenvalue weighted by molar-refractivity contribution is 1.35. The highest BCUT2D eigenvalue weighted by Gasteiger charge is 2.10. The maximum Gasteiger partial charge on any atom is 0.0780 e. The fourth-order valence-corrected chi connectivity index (χ4v) is 14.3. The zero-order valence-electron chi connectivity index (χ0n) is 68.0. The SMILES string of the molecule is Cc1ccc(-c2cc3ccccc3cn2)cc1.Cc1ccc(-c2ccc3ccncc3c2)cc1.Cc1ccc(-c2ccc3cnccc3c2)cc1.Cc1ccc(-c2cccc3ccncc23)cc1.Cc1ccc(-c2cccc3cnccc23)cc1.Cc1ccc(-c2cncc3ccccc23)cc1.Cc1ccc(-c2nccc3ccccc23)cc1. The molecule has 0 saturated carbocycles. The molecule has 0 aliphatic carbocycles. The van der Waals surface area contributed by atoms with Gasteiger partial charge in [-0.05, 0) is 185 Å². The Morgan fingerprint density at radius 2 is 0.504 bits per heavy atom. The first-order valence-corrected chi connectivity index (χ1v) is 40.2. The zero-order chi connectivity index (χ0) is 81.7. The van der Waals surface area contributed by atoms with Crippen LogP contribution in [0.4, 0.5) is 0 Å². The van der Waals surface area contributed by atoms with Crippen molar-refractivity contribution in [2.75, 3.05) is 0 Å². The number of benzene rings is 14. The predicted molar refractivity (Wildman–Crippen MR) is 503 cm³/mol. The highest BCUT2D eigenvalue weighted by Crippen LogP contribution is 2.34. The quantitative estimate of drug-likeness (QED) is 0.157. The molecule has 0 unspecified atom stereocenters. The summed E-state index contributed by atoms with van der Waals surface area (Å²) < 4.78 is 0. The van der Waals surface area contributed by atoms with E-state index in [1.165, 1.54) is 181 Å². The fraction of sp³-hybridized carbons (Fsp3) is 0.0625. The van der Waals surface area contributed by atoms with Gasteiger partial charge < -0.3 is 0 Å². The minimum absolute atomic E-state index is 1.03. The summed E-state index contributed by atoms with van der Waals surface area (Å²) in [6.07, 6.45) is 22.7. The first-order chi connectivity index (χ1) is 58.4. The van der Waals surface area contributed by atoms with Crippen molar-refractivity contribution in [3.8, 4) is 78.1 Å². The van der Waals surface area contributed by atoms with Gasteiger partial charge in [0.2, 0.25) is 0 Å². The molecule has 7 heteroatoms. The molecule has 0 fully saturated rings. The molecule has 21 aromatic rings. The average molecular weight is 1540 g/mol. The van der Waals surface area contributed by atoms with Gasteiger partial charge in [-0.2, -0.15) is 0 Å². The molecular formula is C112H91N7. The summed E-state index contributed by atoms with van der Waals surface area (Å²) in [5, 5.41) is 17.0. The topological polar surface area (TPSA) is 90.2 Å². The second-order valence-corrected chi connectivity index (χ2v) is 29.9.